The maximum absolute atomic E-state index is 14.3. The van der Waals surface area contributed by atoms with Crippen molar-refractivity contribution in [2.24, 2.45) is 5.92 Å². The van der Waals surface area contributed by atoms with Crippen LogP contribution in [0.25, 0.3) is 0 Å². The molecule has 0 saturated carbocycles. The molecule has 1 heterocycles. The normalized spacial score (nSPS) is 16.4. The standard InChI is InChI=1S/C22H22F4N2O4/c1-13-3-5-18(16(23)9-13)28-12-14(10-20(28)29)21(30)27-17-11-15(22(24,25)26)4-6-19(17)32-8-7-31-2/h3-6,9,11,14H,7-8,10,12H2,1-2H3,(H,27,30). The van der Waals surface area contributed by atoms with Crippen LogP contribution in [0.2, 0.25) is 0 Å². The second kappa shape index (κ2) is 9.56. The van der Waals surface area contributed by atoms with Gasteiger partial charge in [0.1, 0.15) is 18.2 Å². The highest BCUT2D eigenvalue weighted by molar-refractivity contribution is 6.04. The molecule has 6 nitrogen and oxygen atoms in total. The van der Waals surface area contributed by atoms with Crippen molar-refractivity contribution < 1.29 is 36.6 Å². The molecule has 3 rings (SSSR count). The van der Waals surface area contributed by atoms with Gasteiger partial charge in [0.25, 0.3) is 0 Å². The summed E-state index contributed by atoms with van der Waals surface area (Å²) in [6.07, 6.45) is -4.81. The van der Waals surface area contributed by atoms with Crippen molar-refractivity contribution in [3.05, 3.63) is 53.3 Å². The van der Waals surface area contributed by atoms with E-state index < -0.39 is 35.3 Å². The summed E-state index contributed by atoms with van der Waals surface area (Å²) in [6, 6.07) is 7.11. The minimum atomic E-state index is -4.62. The first kappa shape index (κ1) is 23.5. The number of amides is 2. The number of rotatable bonds is 7. The van der Waals surface area contributed by atoms with E-state index in [2.05, 4.69) is 5.32 Å². The summed E-state index contributed by atoms with van der Waals surface area (Å²) >= 11 is 0. The number of nitrogens with one attached hydrogen (secondary N) is 1. The third-order valence-electron chi connectivity index (χ3n) is 5.00. The molecule has 2 aromatic carbocycles. The minimum absolute atomic E-state index is 0.0363. The smallest absolute Gasteiger partial charge is 0.416 e. The molecule has 0 aromatic heterocycles. The summed E-state index contributed by atoms with van der Waals surface area (Å²) < 4.78 is 64.0. The van der Waals surface area contributed by atoms with Crippen LogP contribution < -0.4 is 15.0 Å². The van der Waals surface area contributed by atoms with E-state index in [1.807, 2.05) is 0 Å². The number of alkyl halides is 3. The van der Waals surface area contributed by atoms with Crippen LogP contribution in [0.1, 0.15) is 17.5 Å². The Labute approximate surface area is 182 Å². The number of carbonyl (C=O) groups is 2. The van der Waals surface area contributed by atoms with E-state index in [1.54, 1.807) is 13.0 Å². The Balaban J connectivity index is 1.79. The third-order valence-corrected chi connectivity index (χ3v) is 5.00. The predicted molar refractivity (Wildman–Crippen MR) is 109 cm³/mol. The average molecular weight is 454 g/mol. The first-order valence-electron chi connectivity index (χ1n) is 9.80. The fraction of sp³-hybridized carbons (Fsp3) is 0.364. The number of carbonyl (C=O) groups excluding carboxylic acids is 2. The van der Waals surface area contributed by atoms with Crippen LogP contribution in [0.15, 0.2) is 36.4 Å². The fourth-order valence-corrected chi connectivity index (χ4v) is 3.35. The molecule has 32 heavy (non-hydrogen) atoms. The second-order valence-electron chi connectivity index (χ2n) is 7.40. The van der Waals surface area contributed by atoms with Gasteiger partial charge in [0.05, 0.1) is 29.5 Å². The van der Waals surface area contributed by atoms with Gasteiger partial charge in [-0.2, -0.15) is 13.2 Å². The lowest BCUT2D eigenvalue weighted by Gasteiger charge is -2.19. The molecule has 1 aliphatic rings. The van der Waals surface area contributed by atoms with Crippen molar-refractivity contribution in [1.82, 2.24) is 0 Å². The molecule has 1 unspecified atom stereocenters. The van der Waals surface area contributed by atoms with Gasteiger partial charge >= 0.3 is 6.18 Å². The molecular weight excluding hydrogens is 432 g/mol. The van der Waals surface area contributed by atoms with Crippen LogP contribution >= 0.6 is 0 Å². The number of hydrogen-bond donors (Lipinski definition) is 1. The predicted octanol–water partition coefficient (Wildman–Crippen LogP) is 4.17. The number of methoxy groups -OCH3 is 1. The molecule has 0 radical (unpaired) electrons. The molecule has 0 spiro atoms. The Bertz CT molecular complexity index is 1010. The Morgan fingerprint density at radius 2 is 1.94 bits per heavy atom. The van der Waals surface area contributed by atoms with Crippen molar-refractivity contribution in [2.75, 3.05) is 37.1 Å². The summed E-state index contributed by atoms with van der Waals surface area (Å²) in [5, 5.41) is 2.43. The zero-order chi connectivity index (χ0) is 23.5. The van der Waals surface area contributed by atoms with Crippen molar-refractivity contribution >= 4 is 23.2 Å². The number of benzene rings is 2. The minimum Gasteiger partial charge on any atom is -0.489 e. The van der Waals surface area contributed by atoms with Crippen LogP contribution in [-0.4, -0.2) is 38.7 Å². The zero-order valence-electron chi connectivity index (χ0n) is 17.5. The molecule has 1 fully saturated rings. The molecule has 10 heteroatoms. The van der Waals surface area contributed by atoms with E-state index in [0.29, 0.717) is 5.56 Å². The lowest BCUT2D eigenvalue weighted by Crippen LogP contribution is -2.29. The number of nitrogens with zero attached hydrogens (tertiary/aromatic N) is 1. The van der Waals surface area contributed by atoms with Gasteiger partial charge in [-0.05, 0) is 42.8 Å². The molecule has 1 atom stereocenters. The first-order chi connectivity index (χ1) is 15.1. The van der Waals surface area contributed by atoms with Crippen LogP contribution in [0.3, 0.4) is 0 Å². The monoisotopic (exact) mass is 454 g/mol. The van der Waals surface area contributed by atoms with Gasteiger partial charge in [0, 0.05) is 20.1 Å². The van der Waals surface area contributed by atoms with Gasteiger partial charge in [0.15, 0.2) is 0 Å². The zero-order valence-corrected chi connectivity index (χ0v) is 17.5. The highest BCUT2D eigenvalue weighted by Crippen LogP contribution is 2.36. The van der Waals surface area contributed by atoms with Gasteiger partial charge in [-0.15, -0.1) is 0 Å². The third kappa shape index (κ3) is 5.37. The van der Waals surface area contributed by atoms with Crippen molar-refractivity contribution in [2.45, 2.75) is 19.5 Å². The Morgan fingerprint density at radius 1 is 1.19 bits per heavy atom. The number of halogens is 4. The molecule has 0 bridgehead atoms. The van der Waals surface area contributed by atoms with Crippen LogP contribution in [-0.2, 0) is 20.5 Å². The second-order valence-corrected chi connectivity index (χ2v) is 7.40. The quantitative estimate of drug-likeness (QED) is 0.504. The molecule has 0 aliphatic carbocycles. The highest BCUT2D eigenvalue weighted by atomic mass is 19.4. The topological polar surface area (TPSA) is 67.9 Å². The molecule has 2 amide bonds. The molecular formula is C22H22F4N2O4. The summed E-state index contributed by atoms with van der Waals surface area (Å²) in [6.45, 7) is 1.87. The average Bonchev–Trinajstić information content (AvgIpc) is 3.10. The number of hydrogen-bond acceptors (Lipinski definition) is 4. The maximum atomic E-state index is 14.3. The van der Waals surface area contributed by atoms with Crippen LogP contribution in [0, 0.1) is 18.7 Å². The van der Waals surface area contributed by atoms with Gasteiger partial charge < -0.3 is 19.7 Å². The molecule has 1 aliphatic heterocycles. The van der Waals surface area contributed by atoms with Crippen LogP contribution in [0.5, 0.6) is 5.75 Å². The number of ether oxygens (including phenoxy) is 2. The summed E-state index contributed by atoms with van der Waals surface area (Å²) in [5.74, 6) is -2.54. The lowest BCUT2D eigenvalue weighted by atomic mass is 10.1. The Kier molecular flexibility index (Phi) is 7.02. The SMILES string of the molecule is COCCOc1ccc(C(F)(F)F)cc1NC(=O)C1CC(=O)N(c2ccc(C)cc2F)C1. The van der Waals surface area contributed by atoms with E-state index in [1.165, 1.54) is 24.1 Å². The van der Waals surface area contributed by atoms with Gasteiger partial charge in [-0.3, -0.25) is 9.59 Å². The van der Waals surface area contributed by atoms with Crippen LogP contribution in [0.4, 0.5) is 28.9 Å². The first-order valence-corrected chi connectivity index (χ1v) is 9.80. The van der Waals surface area contributed by atoms with E-state index in [9.17, 15) is 27.2 Å². The van der Waals surface area contributed by atoms with Gasteiger partial charge in [-0.25, -0.2) is 4.39 Å². The van der Waals surface area contributed by atoms with E-state index in [4.69, 9.17) is 9.47 Å². The molecule has 2 aromatic rings. The Morgan fingerprint density at radius 3 is 2.59 bits per heavy atom. The molecule has 172 valence electrons. The van der Waals surface area contributed by atoms with E-state index >= 15 is 0 Å². The van der Waals surface area contributed by atoms with E-state index in [-0.39, 0.29) is 43.3 Å². The largest absolute Gasteiger partial charge is 0.489 e. The van der Waals surface area contributed by atoms with E-state index in [0.717, 1.165) is 18.2 Å². The maximum Gasteiger partial charge on any atom is 0.416 e. The van der Waals surface area contributed by atoms with Gasteiger partial charge in [-0.1, -0.05) is 6.07 Å². The van der Waals surface area contributed by atoms with Crippen molar-refractivity contribution in [1.29, 1.82) is 0 Å². The summed E-state index contributed by atoms with van der Waals surface area (Å²) in [7, 11) is 1.44. The lowest BCUT2D eigenvalue weighted by molar-refractivity contribution is -0.137. The number of aryl methyl sites for hydroxylation is 1. The van der Waals surface area contributed by atoms with Crippen molar-refractivity contribution in [3.63, 3.8) is 0 Å². The fourth-order valence-electron chi connectivity index (χ4n) is 3.35. The Hall–Kier alpha value is -3.14. The molecule has 1 saturated heterocycles. The summed E-state index contributed by atoms with van der Waals surface area (Å²) in [4.78, 5) is 26.3. The van der Waals surface area contributed by atoms with Crippen molar-refractivity contribution in [3.8, 4) is 5.75 Å². The molecule has 1 N–H and O–H groups in total. The summed E-state index contributed by atoms with van der Waals surface area (Å²) in [5.41, 5.74) is -0.401. The highest BCUT2D eigenvalue weighted by Gasteiger charge is 2.37. The number of anilines is 2. The van der Waals surface area contributed by atoms with Gasteiger partial charge in [0.2, 0.25) is 11.8 Å².